The number of aromatic hydroxyl groups is 1. The standard InChI is InChI=1S/C9H12OS/c1-2-11-7-8-4-3-5-9(10)6-8/h3-6,10H,2,7H2,1H3. The van der Waals surface area contributed by atoms with Crippen LogP contribution >= 0.6 is 11.8 Å². The van der Waals surface area contributed by atoms with Gasteiger partial charge in [-0.1, -0.05) is 19.1 Å². The van der Waals surface area contributed by atoms with Gasteiger partial charge in [-0.2, -0.15) is 11.8 Å². The number of phenols is 1. The number of phenolic OH excluding ortho intramolecular Hbond substituents is 1. The summed E-state index contributed by atoms with van der Waals surface area (Å²) < 4.78 is 0. The molecule has 0 aromatic heterocycles. The maximum absolute atomic E-state index is 9.10. The molecule has 0 radical (unpaired) electrons. The van der Waals surface area contributed by atoms with E-state index in [9.17, 15) is 0 Å². The van der Waals surface area contributed by atoms with Gasteiger partial charge in [0.1, 0.15) is 5.75 Å². The van der Waals surface area contributed by atoms with Gasteiger partial charge in [-0.15, -0.1) is 0 Å². The van der Waals surface area contributed by atoms with E-state index in [1.54, 1.807) is 6.07 Å². The van der Waals surface area contributed by atoms with Crippen LogP contribution in [0, 0.1) is 0 Å². The lowest BCUT2D eigenvalue weighted by atomic mass is 10.2. The first-order valence-electron chi connectivity index (χ1n) is 3.68. The molecule has 60 valence electrons. The Morgan fingerprint density at radius 1 is 1.45 bits per heavy atom. The minimum atomic E-state index is 0.360. The highest BCUT2D eigenvalue weighted by Crippen LogP contribution is 2.16. The summed E-state index contributed by atoms with van der Waals surface area (Å²) >= 11 is 1.86. The van der Waals surface area contributed by atoms with Crippen LogP contribution in [0.1, 0.15) is 12.5 Å². The lowest BCUT2D eigenvalue weighted by Crippen LogP contribution is -1.79. The molecule has 1 aromatic rings. The maximum Gasteiger partial charge on any atom is 0.115 e. The number of rotatable bonds is 3. The van der Waals surface area contributed by atoms with Crippen LogP contribution in [0.4, 0.5) is 0 Å². The van der Waals surface area contributed by atoms with Crippen LogP contribution in [0.5, 0.6) is 5.75 Å². The molecule has 0 aliphatic rings. The summed E-state index contributed by atoms with van der Waals surface area (Å²) in [6.07, 6.45) is 0. The molecule has 0 bridgehead atoms. The third-order valence-corrected chi connectivity index (χ3v) is 2.33. The first-order chi connectivity index (χ1) is 5.33. The second-order valence-electron chi connectivity index (χ2n) is 2.31. The third-order valence-electron chi connectivity index (χ3n) is 1.38. The zero-order valence-electron chi connectivity index (χ0n) is 6.58. The number of thioether (sulfide) groups is 1. The second-order valence-corrected chi connectivity index (χ2v) is 3.58. The Bertz CT molecular complexity index is 223. The summed E-state index contributed by atoms with van der Waals surface area (Å²) in [7, 11) is 0. The van der Waals surface area contributed by atoms with Crippen molar-refractivity contribution in [3.05, 3.63) is 29.8 Å². The van der Waals surface area contributed by atoms with E-state index in [0.29, 0.717) is 5.75 Å². The summed E-state index contributed by atoms with van der Waals surface area (Å²) in [5.74, 6) is 2.47. The largest absolute Gasteiger partial charge is 0.508 e. The van der Waals surface area contributed by atoms with Gasteiger partial charge in [0.05, 0.1) is 0 Å². The van der Waals surface area contributed by atoms with Crippen molar-refractivity contribution >= 4 is 11.8 Å². The molecule has 2 heteroatoms. The Balaban J connectivity index is 2.56. The quantitative estimate of drug-likeness (QED) is 0.748. The van der Waals surface area contributed by atoms with Gasteiger partial charge in [0.15, 0.2) is 0 Å². The second kappa shape index (κ2) is 4.29. The molecule has 0 aliphatic carbocycles. The van der Waals surface area contributed by atoms with Crippen molar-refractivity contribution in [3.63, 3.8) is 0 Å². The molecule has 0 fully saturated rings. The topological polar surface area (TPSA) is 20.2 Å². The molecular weight excluding hydrogens is 156 g/mol. The van der Waals surface area contributed by atoms with E-state index in [-0.39, 0.29) is 0 Å². The van der Waals surface area contributed by atoms with Crippen LogP contribution in [-0.2, 0) is 5.75 Å². The zero-order valence-corrected chi connectivity index (χ0v) is 7.40. The number of hydrogen-bond acceptors (Lipinski definition) is 2. The molecule has 11 heavy (non-hydrogen) atoms. The van der Waals surface area contributed by atoms with Crippen LogP contribution in [0.3, 0.4) is 0 Å². The van der Waals surface area contributed by atoms with Gasteiger partial charge >= 0.3 is 0 Å². The number of hydrogen-bond donors (Lipinski definition) is 1. The molecule has 0 aliphatic heterocycles. The molecule has 0 amide bonds. The van der Waals surface area contributed by atoms with Crippen molar-refractivity contribution in [1.29, 1.82) is 0 Å². The van der Waals surface area contributed by atoms with Gasteiger partial charge < -0.3 is 5.11 Å². The minimum absolute atomic E-state index is 0.360. The summed E-state index contributed by atoms with van der Waals surface area (Å²) in [4.78, 5) is 0. The van der Waals surface area contributed by atoms with Gasteiger partial charge in [-0.3, -0.25) is 0 Å². The average molecular weight is 168 g/mol. The van der Waals surface area contributed by atoms with Crippen molar-refractivity contribution in [2.45, 2.75) is 12.7 Å². The predicted molar refractivity (Wildman–Crippen MR) is 49.9 cm³/mol. The summed E-state index contributed by atoms with van der Waals surface area (Å²) in [6.45, 7) is 2.13. The Kier molecular flexibility index (Phi) is 3.30. The summed E-state index contributed by atoms with van der Waals surface area (Å²) in [5.41, 5.74) is 1.19. The minimum Gasteiger partial charge on any atom is -0.508 e. The van der Waals surface area contributed by atoms with E-state index < -0.39 is 0 Å². The average Bonchev–Trinajstić information content (AvgIpc) is 2.01. The van der Waals surface area contributed by atoms with Crippen molar-refractivity contribution < 1.29 is 5.11 Å². The highest BCUT2D eigenvalue weighted by atomic mass is 32.2. The molecule has 0 heterocycles. The molecule has 1 rings (SSSR count). The van der Waals surface area contributed by atoms with E-state index in [1.807, 2.05) is 30.0 Å². The lowest BCUT2D eigenvalue weighted by molar-refractivity contribution is 0.475. The first kappa shape index (κ1) is 8.47. The van der Waals surface area contributed by atoms with Crippen molar-refractivity contribution in [2.75, 3.05) is 5.75 Å². The Hall–Kier alpha value is -0.630. The fourth-order valence-electron chi connectivity index (χ4n) is 0.866. The van der Waals surface area contributed by atoms with Gasteiger partial charge in [0.2, 0.25) is 0 Å². The van der Waals surface area contributed by atoms with Crippen LogP contribution in [-0.4, -0.2) is 10.9 Å². The normalized spacial score (nSPS) is 9.91. The predicted octanol–water partition coefficient (Wildman–Crippen LogP) is 2.65. The fraction of sp³-hybridized carbons (Fsp3) is 0.333. The molecule has 0 spiro atoms. The van der Waals surface area contributed by atoms with Crippen molar-refractivity contribution in [2.24, 2.45) is 0 Å². The molecule has 1 N–H and O–H groups in total. The molecular formula is C9H12OS. The van der Waals surface area contributed by atoms with E-state index >= 15 is 0 Å². The van der Waals surface area contributed by atoms with Gasteiger partial charge in [-0.05, 0) is 23.4 Å². The molecule has 0 atom stereocenters. The Morgan fingerprint density at radius 3 is 2.91 bits per heavy atom. The summed E-state index contributed by atoms with van der Waals surface area (Å²) in [6, 6.07) is 7.41. The van der Waals surface area contributed by atoms with E-state index in [2.05, 4.69) is 6.92 Å². The van der Waals surface area contributed by atoms with Gasteiger partial charge in [0, 0.05) is 5.75 Å². The van der Waals surface area contributed by atoms with Crippen molar-refractivity contribution in [1.82, 2.24) is 0 Å². The molecule has 1 aromatic carbocycles. The Morgan fingerprint density at radius 2 is 2.27 bits per heavy atom. The zero-order chi connectivity index (χ0) is 8.10. The van der Waals surface area contributed by atoms with Crippen molar-refractivity contribution in [3.8, 4) is 5.75 Å². The lowest BCUT2D eigenvalue weighted by Gasteiger charge is -1.98. The fourth-order valence-corrected chi connectivity index (χ4v) is 1.49. The Labute approximate surface area is 71.4 Å². The molecule has 0 unspecified atom stereocenters. The monoisotopic (exact) mass is 168 g/mol. The van der Waals surface area contributed by atoms with E-state index in [0.717, 1.165) is 11.5 Å². The van der Waals surface area contributed by atoms with Crippen LogP contribution < -0.4 is 0 Å². The highest BCUT2D eigenvalue weighted by Gasteiger charge is 1.92. The van der Waals surface area contributed by atoms with E-state index in [1.165, 1.54) is 5.56 Å². The first-order valence-corrected chi connectivity index (χ1v) is 4.84. The SMILES string of the molecule is CCSCc1cccc(O)c1. The number of benzene rings is 1. The van der Waals surface area contributed by atoms with E-state index in [4.69, 9.17) is 5.11 Å². The summed E-state index contributed by atoms with van der Waals surface area (Å²) in [5, 5.41) is 9.10. The molecule has 1 nitrogen and oxygen atoms in total. The molecule has 0 saturated heterocycles. The van der Waals surface area contributed by atoms with Gasteiger partial charge in [0.25, 0.3) is 0 Å². The highest BCUT2D eigenvalue weighted by molar-refractivity contribution is 7.98. The van der Waals surface area contributed by atoms with Crippen LogP contribution in [0.25, 0.3) is 0 Å². The van der Waals surface area contributed by atoms with Gasteiger partial charge in [-0.25, -0.2) is 0 Å². The molecule has 0 saturated carbocycles. The van der Waals surface area contributed by atoms with Crippen LogP contribution in [0.2, 0.25) is 0 Å². The third kappa shape index (κ3) is 2.85. The smallest absolute Gasteiger partial charge is 0.115 e. The van der Waals surface area contributed by atoms with Crippen LogP contribution in [0.15, 0.2) is 24.3 Å². The maximum atomic E-state index is 9.10.